The first-order valence-electron chi connectivity index (χ1n) is 2.18. The molecule has 0 rings (SSSR count). The van der Waals surface area contributed by atoms with Crippen molar-refractivity contribution in [2.75, 3.05) is 0 Å². The van der Waals surface area contributed by atoms with Gasteiger partial charge in [-0.15, -0.1) is 0 Å². The van der Waals surface area contributed by atoms with E-state index in [0.29, 0.717) is 4.05 Å². The summed E-state index contributed by atoms with van der Waals surface area (Å²) in [6, 6.07) is 0. The molecule has 0 saturated carbocycles. The molecule has 0 heterocycles. The van der Waals surface area contributed by atoms with E-state index < -0.39 is 0 Å². The van der Waals surface area contributed by atoms with Crippen molar-refractivity contribution in [3.05, 3.63) is 0 Å². The zero-order valence-corrected chi connectivity index (χ0v) is 8.73. The molecule has 44 valence electrons. The molecule has 0 aromatic rings. The van der Waals surface area contributed by atoms with Crippen LogP contribution in [-0.2, 0) is 0 Å². The smallest absolute Gasteiger partial charge is 0.0703 e. The number of hydrogen-bond acceptors (Lipinski definition) is 1. The molecular formula is C4H9I2N. The first-order chi connectivity index (χ1) is 3.18. The van der Waals surface area contributed by atoms with Crippen molar-refractivity contribution in [2.45, 2.75) is 17.9 Å². The second kappa shape index (κ2) is 4.31. The average Bonchev–Trinajstić information content (AvgIpc) is 1.65. The molecule has 0 saturated heterocycles. The molecule has 1 nitrogen and oxygen atoms in total. The lowest BCUT2D eigenvalue weighted by atomic mass is 10.2. The van der Waals surface area contributed by atoms with Gasteiger partial charge in [0.15, 0.2) is 0 Å². The minimum Gasteiger partial charge on any atom is -0.248 e. The number of alkyl halides is 1. The van der Waals surface area contributed by atoms with Gasteiger partial charge in [0.2, 0.25) is 0 Å². The molecule has 1 N–H and O–H groups in total. The summed E-state index contributed by atoms with van der Waals surface area (Å²) in [6.07, 6.45) is 0. The molecule has 0 aliphatic heterocycles. The minimum atomic E-state index is 0.609. The van der Waals surface area contributed by atoms with Crippen LogP contribution in [0.2, 0.25) is 0 Å². The average molecular weight is 325 g/mol. The van der Waals surface area contributed by atoms with Crippen molar-refractivity contribution in [3.8, 4) is 0 Å². The van der Waals surface area contributed by atoms with Crippen LogP contribution in [0.15, 0.2) is 0 Å². The first kappa shape index (κ1) is 8.42. The van der Waals surface area contributed by atoms with E-state index in [4.69, 9.17) is 0 Å². The molecule has 0 aromatic heterocycles. The van der Waals surface area contributed by atoms with Gasteiger partial charge in [0, 0.05) is 22.9 Å². The number of rotatable bonds is 2. The van der Waals surface area contributed by atoms with Gasteiger partial charge in [-0.3, -0.25) is 0 Å². The molecule has 1 atom stereocenters. The highest BCUT2D eigenvalue weighted by atomic mass is 127. The lowest BCUT2D eigenvalue weighted by Crippen LogP contribution is -2.17. The van der Waals surface area contributed by atoms with Crippen LogP contribution in [0.3, 0.4) is 0 Å². The normalized spacial score (nSPS) is 15.0. The molecule has 3 heteroatoms. The van der Waals surface area contributed by atoms with Gasteiger partial charge in [-0.2, -0.15) is 0 Å². The minimum absolute atomic E-state index is 0.609. The SMILES string of the molecule is CC(C)[C@@H](I)NI. The Morgan fingerprint density at radius 3 is 1.86 bits per heavy atom. The summed E-state index contributed by atoms with van der Waals surface area (Å²) in [5.74, 6) is 0.734. The van der Waals surface area contributed by atoms with Crippen LogP contribution in [0.5, 0.6) is 0 Å². The van der Waals surface area contributed by atoms with Crippen LogP contribution in [0.25, 0.3) is 0 Å². The molecule has 7 heavy (non-hydrogen) atoms. The van der Waals surface area contributed by atoms with Crippen LogP contribution in [0.1, 0.15) is 13.8 Å². The zero-order valence-electron chi connectivity index (χ0n) is 4.41. The van der Waals surface area contributed by atoms with E-state index in [2.05, 4.69) is 62.8 Å². The van der Waals surface area contributed by atoms with Crippen molar-refractivity contribution >= 4 is 45.5 Å². The van der Waals surface area contributed by atoms with E-state index in [0.717, 1.165) is 5.92 Å². The number of halogens is 2. The predicted octanol–water partition coefficient (Wildman–Crippen LogP) is 2.34. The Bertz CT molecular complexity index is 47.0. The highest BCUT2D eigenvalue weighted by Crippen LogP contribution is 2.09. The number of hydrogen-bond donors (Lipinski definition) is 1. The van der Waals surface area contributed by atoms with Gasteiger partial charge in [-0.1, -0.05) is 36.4 Å². The molecule has 0 aliphatic carbocycles. The molecule has 0 spiro atoms. The Hall–Kier alpha value is 1.42. The summed E-state index contributed by atoms with van der Waals surface area (Å²) < 4.78 is 3.73. The molecule has 0 amide bonds. The van der Waals surface area contributed by atoms with Gasteiger partial charge in [0.25, 0.3) is 0 Å². The fourth-order valence-corrected chi connectivity index (χ4v) is 0.845. The molecule has 0 radical (unpaired) electrons. The van der Waals surface area contributed by atoms with E-state index in [9.17, 15) is 0 Å². The third-order valence-electron chi connectivity index (χ3n) is 0.690. The predicted molar refractivity (Wildman–Crippen MR) is 49.8 cm³/mol. The highest BCUT2D eigenvalue weighted by molar-refractivity contribution is 14.1. The third kappa shape index (κ3) is 3.96. The molecule has 0 bridgehead atoms. The van der Waals surface area contributed by atoms with E-state index in [1.807, 2.05) is 0 Å². The number of nitrogens with one attached hydrogen (secondary N) is 1. The van der Waals surface area contributed by atoms with Gasteiger partial charge in [0.05, 0.1) is 4.05 Å². The van der Waals surface area contributed by atoms with E-state index in [-0.39, 0.29) is 0 Å². The quantitative estimate of drug-likeness (QED) is 0.356. The van der Waals surface area contributed by atoms with Gasteiger partial charge >= 0.3 is 0 Å². The maximum atomic E-state index is 3.12. The lowest BCUT2D eigenvalue weighted by molar-refractivity contribution is 0.627. The maximum absolute atomic E-state index is 3.12. The summed E-state index contributed by atoms with van der Waals surface area (Å²) >= 11 is 4.55. The molecule has 0 unspecified atom stereocenters. The molecular weight excluding hydrogens is 316 g/mol. The fourth-order valence-electron chi connectivity index (χ4n) is 0.126. The summed E-state index contributed by atoms with van der Waals surface area (Å²) in [5, 5.41) is 0. The van der Waals surface area contributed by atoms with E-state index in [1.165, 1.54) is 0 Å². The fraction of sp³-hybridized carbons (Fsp3) is 1.00. The largest absolute Gasteiger partial charge is 0.248 e. The van der Waals surface area contributed by atoms with Crippen molar-refractivity contribution in [1.29, 1.82) is 0 Å². The van der Waals surface area contributed by atoms with E-state index in [1.54, 1.807) is 0 Å². The Kier molecular flexibility index (Phi) is 5.19. The molecule has 0 aromatic carbocycles. The Balaban J connectivity index is 3.14. The second-order valence-corrected chi connectivity index (χ2v) is 3.72. The summed E-state index contributed by atoms with van der Waals surface area (Å²) in [7, 11) is 0. The van der Waals surface area contributed by atoms with Crippen LogP contribution in [0, 0.1) is 5.92 Å². The van der Waals surface area contributed by atoms with Gasteiger partial charge in [-0.25, -0.2) is 3.53 Å². The summed E-state index contributed by atoms with van der Waals surface area (Å²) in [6.45, 7) is 4.39. The van der Waals surface area contributed by atoms with Crippen LogP contribution in [0.4, 0.5) is 0 Å². The van der Waals surface area contributed by atoms with Crippen LogP contribution in [-0.4, -0.2) is 4.05 Å². The zero-order chi connectivity index (χ0) is 5.86. The monoisotopic (exact) mass is 325 g/mol. The maximum Gasteiger partial charge on any atom is 0.0703 e. The summed E-state index contributed by atoms with van der Waals surface area (Å²) in [5.41, 5.74) is 0. The Labute approximate surface area is 72.3 Å². The van der Waals surface area contributed by atoms with Crippen molar-refractivity contribution < 1.29 is 0 Å². The van der Waals surface area contributed by atoms with Crippen molar-refractivity contribution in [1.82, 2.24) is 3.53 Å². The van der Waals surface area contributed by atoms with Crippen molar-refractivity contribution in [2.24, 2.45) is 5.92 Å². The Morgan fingerprint density at radius 1 is 1.43 bits per heavy atom. The van der Waals surface area contributed by atoms with Gasteiger partial charge in [0.1, 0.15) is 0 Å². The van der Waals surface area contributed by atoms with Crippen molar-refractivity contribution in [3.63, 3.8) is 0 Å². The highest BCUT2D eigenvalue weighted by Gasteiger charge is 2.03. The van der Waals surface area contributed by atoms with Gasteiger partial charge in [-0.05, 0) is 5.92 Å². The summed E-state index contributed by atoms with van der Waals surface area (Å²) in [4.78, 5) is 0. The standard InChI is InChI=1S/C4H9I2N/c1-3(2)4(5)7-6/h3-4,7H,1-2H3/t4-/m0/s1. The topological polar surface area (TPSA) is 12.0 Å². The second-order valence-electron chi connectivity index (χ2n) is 1.75. The van der Waals surface area contributed by atoms with Crippen LogP contribution < -0.4 is 3.53 Å². The Morgan fingerprint density at radius 2 is 1.86 bits per heavy atom. The van der Waals surface area contributed by atoms with E-state index >= 15 is 0 Å². The first-order valence-corrected chi connectivity index (χ1v) is 4.51. The lowest BCUT2D eigenvalue weighted by Gasteiger charge is -2.09. The van der Waals surface area contributed by atoms with Crippen LogP contribution >= 0.6 is 45.5 Å². The molecule has 0 aliphatic rings. The third-order valence-corrected chi connectivity index (χ3v) is 4.30. The van der Waals surface area contributed by atoms with Gasteiger partial charge < -0.3 is 0 Å². The molecule has 0 fully saturated rings.